The number of hydrogen-bond acceptors (Lipinski definition) is 4. The minimum absolute atomic E-state index is 0.158. The van der Waals surface area contributed by atoms with E-state index in [0.717, 1.165) is 37.7 Å². The molecule has 3 atom stereocenters. The normalized spacial score (nSPS) is 32.3. The van der Waals surface area contributed by atoms with Gasteiger partial charge in [-0.25, -0.2) is 4.79 Å². The first-order valence-corrected chi connectivity index (χ1v) is 8.03. The summed E-state index contributed by atoms with van der Waals surface area (Å²) >= 11 is 0. The number of esters is 1. The van der Waals surface area contributed by atoms with Crippen molar-refractivity contribution in [1.29, 1.82) is 0 Å². The number of nitrogens with zero attached hydrogens (tertiary/aromatic N) is 1. The Balaban J connectivity index is 1.84. The molecular weight excluding hydrogens is 278 g/mol. The van der Waals surface area contributed by atoms with Crippen LogP contribution in [0.1, 0.15) is 44.6 Å². The molecule has 2 aliphatic rings. The van der Waals surface area contributed by atoms with Gasteiger partial charge in [0.15, 0.2) is 5.72 Å². The zero-order valence-corrected chi connectivity index (χ0v) is 13.1. The molecule has 2 heterocycles. The molecule has 0 amide bonds. The van der Waals surface area contributed by atoms with E-state index in [9.17, 15) is 4.79 Å². The fraction of sp³-hybridized carbons (Fsp3) is 0.500. The summed E-state index contributed by atoms with van der Waals surface area (Å²) in [5, 5.41) is 1.89. The minimum Gasteiger partial charge on any atom is -0.465 e. The Bertz CT molecular complexity index is 559. The highest BCUT2D eigenvalue weighted by Crippen LogP contribution is 2.61. The molecule has 2 saturated heterocycles. The first kappa shape index (κ1) is 15.3. The number of fused-ring (bicyclic) bond motifs is 1. The van der Waals surface area contributed by atoms with Gasteiger partial charge in [0, 0.05) is 12.0 Å². The van der Waals surface area contributed by atoms with E-state index in [4.69, 9.17) is 9.57 Å². The van der Waals surface area contributed by atoms with Gasteiger partial charge in [-0.3, -0.25) is 4.84 Å². The Hall–Kier alpha value is -1.65. The number of carbonyl (C=O) groups is 1. The van der Waals surface area contributed by atoms with Gasteiger partial charge in [-0.05, 0) is 32.6 Å². The van der Waals surface area contributed by atoms with E-state index in [-0.39, 0.29) is 5.97 Å². The maximum Gasteiger partial charge on any atom is 0.329 e. The molecule has 1 aromatic rings. The highest BCUT2D eigenvalue weighted by molar-refractivity contribution is 5.82. The molecule has 0 radical (unpaired) electrons. The topological polar surface area (TPSA) is 41.8 Å². The van der Waals surface area contributed by atoms with Crippen molar-refractivity contribution in [2.75, 3.05) is 6.61 Å². The molecule has 0 aliphatic carbocycles. The van der Waals surface area contributed by atoms with Gasteiger partial charge in [0.2, 0.25) is 0 Å². The zero-order valence-electron chi connectivity index (χ0n) is 13.1. The number of hydroxylamine groups is 2. The highest BCUT2D eigenvalue weighted by atomic mass is 16.9. The fourth-order valence-corrected chi connectivity index (χ4v) is 3.52. The van der Waals surface area contributed by atoms with Gasteiger partial charge in [-0.15, -0.1) is 11.6 Å². The van der Waals surface area contributed by atoms with E-state index in [1.54, 1.807) is 0 Å². The Morgan fingerprint density at radius 2 is 2.18 bits per heavy atom. The van der Waals surface area contributed by atoms with Gasteiger partial charge in [0.05, 0.1) is 6.61 Å². The number of rotatable bonds is 7. The van der Waals surface area contributed by atoms with Crippen molar-refractivity contribution in [3.8, 4) is 0 Å². The van der Waals surface area contributed by atoms with Crippen molar-refractivity contribution < 1.29 is 14.4 Å². The Morgan fingerprint density at radius 1 is 1.41 bits per heavy atom. The van der Waals surface area contributed by atoms with Gasteiger partial charge in [-0.1, -0.05) is 36.4 Å². The van der Waals surface area contributed by atoms with Crippen LogP contribution in [0.2, 0.25) is 0 Å². The van der Waals surface area contributed by atoms with Crippen molar-refractivity contribution >= 4 is 5.97 Å². The van der Waals surface area contributed by atoms with Crippen LogP contribution in [0.3, 0.4) is 0 Å². The van der Waals surface area contributed by atoms with Crippen LogP contribution in [0, 0.1) is 0 Å². The van der Waals surface area contributed by atoms with Crippen LogP contribution in [0.4, 0.5) is 0 Å². The zero-order chi connectivity index (χ0) is 15.6. The standard InChI is InChI=1S/C18H23NO3/c1-3-5-9-12-17(16(20)21-4-2)13-14-18(19(17)22-18)15-10-7-6-8-11-15/h3,6-8,10-11H,1,4-5,9,12-14H2,2H3/t17-,18+,19?/m1/s1. The second kappa shape index (κ2) is 5.86. The first-order chi connectivity index (χ1) is 10.7. The molecule has 2 fully saturated rings. The predicted octanol–water partition coefficient (Wildman–Crippen LogP) is 3.54. The SMILES string of the molecule is C=CCCC[C@]1(C(=O)OCC)CC[C@@]2(c3ccccc3)ON12. The molecular formula is C18H23NO3. The lowest BCUT2D eigenvalue weighted by molar-refractivity contribution is -0.159. The average molecular weight is 301 g/mol. The van der Waals surface area contributed by atoms with Crippen LogP contribution in [0.25, 0.3) is 0 Å². The fourth-order valence-electron chi connectivity index (χ4n) is 3.52. The van der Waals surface area contributed by atoms with Gasteiger partial charge in [-0.2, -0.15) is 0 Å². The largest absolute Gasteiger partial charge is 0.465 e. The smallest absolute Gasteiger partial charge is 0.329 e. The lowest BCUT2D eigenvalue weighted by atomic mass is 9.90. The van der Waals surface area contributed by atoms with E-state index >= 15 is 0 Å². The lowest BCUT2D eigenvalue weighted by Crippen LogP contribution is -2.45. The van der Waals surface area contributed by atoms with Crippen LogP contribution >= 0.6 is 0 Å². The second-order valence-corrected chi connectivity index (χ2v) is 5.97. The van der Waals surface area contributed by atoms with E-state index in [2.05, 4.69) is 18.7 Å². The second-order valence-electron chi connectivity index (χ2n) is 5.97. The van der Waals surface area contributed by atoms with E-state index in [1.807, 2.05) is 36.3 Å². The van der Waals surface area contributed by atoms with Crippen LogP contribution in [-0.2, 0) is 20.1 Å². The molecule has 4 nitrogen and oxygen atoms in total. The van der Waals surface area contributed by atoms with Gasteiger partial charge in [0.1, 0.15) is 5.54 Å². The molecule has 22 heavy (non-hydrogen) atoms. The van der Waals surface area contributed by atoms with Crippen molar-refractivity contribution in [2.24, 2.45) is 0 Å². The number of hydrogen-bond donors (Lipinski definition) is 0. The summed E-state index contributed by atoms with van der Waals surface area (Å²) in [5.41, 5.74) is 0.0433. The molecule has 0 saturated carbocycles. The van der Waals surface area contributed by atoms with Gasteiger partial charge >= 0.3 is 5.97 Å². The van der Waals surface area contributed by atoms with Crippen LogP contribution in [0.15, 0.2) is 43.0 Å². The van der Waals surface area contributed by atoms with Crippen LogP contribution in [0.5, 0.6) is 0 Å². The summed E-state index contributed by atoms with van der Waals surface area (Å²) in [7, 11) is 0. The van der Waals surface area contributed by atoms with Crippen molar-refractivity contribution in [2.45, 2.75) is 50.3 Å². The molecule has 2 aliphatic heterocycles. The van der Waals surface area contributed by atoms with Crippen LogP contribution < -0.4 is 0 Å². The third-order valence-corrected chi connectivity index (χ3v) is 4.68. The molecule has 0 bridgehead atoms. The summed E-state index contributed by atoms with van der Waals surface area (Å²) in [5.74, 6) is -0.158. The van der Waals surface area contributed by atoms with Crippen LogP contribution in [-0.4, -0.2) is 23.2 Å². The number of unbranched alkanes of at least 4 members (excludes halogenated alkanes) is 1. The number of benzene rings is 1. The molecule has 1 aromatic carbocycles. The average Bonchev–Trinajstić information content (AvgIpc) is 3.21. The van der Waals surface area contributed by atoms with E-state index < -0.39 is 11.3 Å². The Morgan fingerprint density at radius 3 is 2.82 bits per heavy atom. The van der Waals surface area contributed by atoms with E-state index in [1.165, 1.54) is 0 Å². The Kier molecular flexibility index (Phi) is 4.06. The number of ether oxygens (including phenoxy) is 1. The molecule has 0 N–H and O–H groups in total. The summed E-state index contributed by atoms with van der Waals surface area (Å²) in [6.07, 6.45) is 6.04. The van der Waals surface area contributed by atoms with Gasteiger partial charge in [0.25, 0.3) is 0 Å². The monoisotopic (exact) mass is 301 g/mol. The first-order valence-electron chi connectivity index (χ1n) is 8.03. The maximum absolute atomic E-state index is 12.6. The van der Waals surface area contributed by atoms with Crippen molar-refractivity contribution in [1.82, 2.24) is 5.06 Å². The number of allylic oxidation sites excluding steroid dienone is 1. The molecule has 0 aromatic heterocycles. The lowest BCUT2D eigenvalue weighted by Gasteiger charge is -2.27. The summed E-state index contributed by atoms with van der Waals surface area (Å²) < 4.78 is 5.35. The van der Waals surface area contributed by atoms with Crippen molar-refractivity contribution in [3.05, 3.63) is 48.6 Å². The number of carbonyl (C=O) groups excluding carboxylic acids is 1. The molecule has 3 rings (SSSR count). The molecule has 4 heteroatoms. The maximum atomic E-state index is 12.6. The third-order valence-electron chi connectivity index (χ3n) is 4.68. The quantitative estimate of drug-likeness (QED) is 0.334. The third kappa shape index (κ3) is 2.27. The summed E-state index contributed by atoms with van der Waals surface area (Å²) in [6.45, 7) is 6.00. The summed E-state index contributed by atoms with van der Waals surface area (Å²) in [6, 6.07) is 10.1. The molecule has 1 unspecified atom stereocenters. The minimum atomic E-state index is -0.644. The molecule has 0 spiro atoms. The highest BCUT2D eigenvalue weighted by Gasteiger charge is 2.73. The summed E-state index contributed by atoms with van der Waals surface area (Å²) in [4.78, 5) is 18.5. The predicted molar refractivity (Wildman–Crippen MR) is 83.7 cm³/mol. The van der Waals surface area contributed by atoms with E-state index in [0.29, 0.717) is 6.61 Å². The molecule has 118 valence electrons. The van der Waals surface area contributed by atoms with Gasteiger partial charge < -0.3 is 4.74 Å². The Labute approximate surface area is 131 Å². The van der Waals surface area contributed by atoms with Crippen molar-refractivity contribution in [3.63, 3.8) is 0 Å².